The number of nitrogens with zero attached hydrogens (tertiary/aromatic N) is 2. The first-order valence-electron chi connectivity index (χ1n) is 8.88. The number of amides is 1. The number of hydrogen-bond donors (Lipinski definition) is 2. The van der Waals surface area contributed by atoms with Crippen molar-refractivity contribution in [3.63, 3.8) is 0 Å². The van der Waals surface area contributed by atoms with Gasteiger partial charge in [0.05, 0.1) is 15.4 Å². The molecule has 0 bridgehead atoms. The highest BCUT2D eigenvalue weighted by Crippen LogP contribution is 2.25. The van der Waals surface area contributed by atoms with E-state index >= 15 is 0 Å². The largest absolute Gasteiger partial charge is 0.377 e. The molecule has 0 unspecified atom stereocenters. The first kappa shape index (κ1) is 22.2. The number of anilines is 2. The predicted octanol–water partition coefficient (Wildman–Crippen LogP) is 2.85. The Kier molecular flexibility index (Phi) is 6.80. The lowest BCUT2D eigenvalue weighted by atomic mass is 10.1. The molecule has 0 aliphatic carbocycles. The molecule has 2 N–H and O–H groups in total. The average Bonchev–Trinajstić information content (AvgIpc) is 2.65. The molecular formula is C19H24N4O5S. The van der Waals surface area contributed by atoms with Gasteiger partial charge in [0.25, 0.3) is 21.6 Å². The van der Waals surface area contributed by atoms with E-state index in [0.717, 1.165) is 24.3 Å². The van der Waals surface area contributed by atoms with Gasteiger partial charge in [-0.05, 0) is 36.2 Å². The molecule has 0 saturated heterocycles. The Balaban J connectivity index is 2.33. The standard InChI is InChI=1S/C19H24N4O5S/c1-13(2)12-20-19(24)17-11-14(5-10-18(17)22(3)4)21-29(27,28)16-8-6-15(7-9-16)23(25)26/h5-11,13,21H,12H2,1-4H3,(H,20,24). The molecule has 1 amide bonds. The fourth-order valence-electron chi connectivity index (χ4n) is 2.52. The van der Waals surface area contributed by atoms with Gasteiger partial charge in [0, 0.05) is 44.1 Å². The van der Waals surface area contributed by atoms with Gasteiger partial charge in [0.1, 0.15) is 0 Å². The van der Waals surface area contributed by atoms with E-state index in [9.17, 15) is 23.3 Å². The van der Waals surface area contributed by atoms with Crippen LogP contribution in [0.15, 0.2) is 47.4 Å². The van der Waals surface area contributed by atoms with Crippen LogP contribution in [-0.2, 0) is 10.0 Å². The summed E-state index contributed by atoms with van der Waals surface area (Å²) in [7, 11) is -0.401. The fraction of sp³-hybridized carbons (Fsp3) is 0.316. The van der Waals surface area contributed by atoms with Crippen molar-refractivity contribution >= 4 is 33.0 Å². The Morgan fingerprint density at radius 1 is 1.14 bits per heavy atom. The summed E-state index contributed by atoms with van der Waals surface area (Å²) in [6, 6.07) is 9.22. The van der Waals surface area contributed by atoms with E-state index in [1.165, 1.54) is 6.07 Å². The van der Waals surface area contributed by atoms with Crippen LogP contribution >= 0.6 is 0 Å². The lowest BCUT2D eigenvalue weighted by molar-refractivity contribution is -0.384. The number of sulfonamides is 1. The van der Waals surface area contributed by atoms with Gasteiger partial charge in [-0.3, -0.25) is 19.6 Å². The zero-order valence-electron chi connectivity index (χ0n) is 16.7. The van der Waals surface area contributed by atoms with E-state index in [1.807, 2.05) is 13.8 Å². The molecular weight excluding hydrogens is 396 g/mol. The number of nitrogens with one attached hydrogen (secondary N) is 2. The number of carbonyl (C=O) groups excluding carboxylic acids is 1. The third-order valence-corrected chi connectivity index (χ3v) is 5.40. The molecule has 0 saturated carbocycles. The topological polar surface area (TPSA) is 122 Å². The highest BCUT2D eigenvalue weighted by molar-refractivity contribution is 7.92. The van der Waals surface area contributed by atoms with Crippen molar-refractivity contribution in [2.24, 2.45) is 5.92 Å². The first-order chi connectivity index (χ1) is 13.5. The second kappa shape index (κ2) is 8.91. The molecule has 2 aromatic rings. The average molecular weight is 420 g/mol. The quantitative estimate of drug-likeness (QED) is 0.500. The molecule has 0 fully saturated rings. The summed E-state index contributed by atoms with van der Waals surface area (Å²) in [6.45, 7) is 4.44. The SMILES string of the molecule is CC(C)CNC(=O)c1cc(NS(=O)(=O)c2ccc([N+](=O)[O-])cc2)ccc1N(C)C. The van der Waals surface area contributed by atoms with Crippen molar-refractivity contribution in [2.45, 2.75) is 18.7 Å². The van der Waals surface area contributed by atoms with Crippen molar-refractivity contribution < 1.29 is 18.1 Å². The number of rotatable bonds is 8. The minimum Gasteiger partial charge on any atom is -0.377 e. The first-order valence-corrected chi connectivity index (χ1v) is 10.4. The van der Waals surface area contributed by atoms with Crippen molar-refractivity contribution in [3.05, 3.63) is 58.1 Å². The smallest absolute Gasteiger partial charge is 0.269 e. The van der Waals surface area contributed by atoms with E-state index in [-0.39, 0.29) is 28.1 Å². The van der Waals surface area contributed by atoms with Gasteiger partial charge in [0.15, 0.2) is 0 Å². The van der Waals surface area contributed by atoms with Crippen LogP contribution in [-0.4, -0.2) is 39.9 Å². The Bertz CT molecular complexity index is 1000. The lowest BCUT2D eigenvalue weighted by Crippen LogP contribution is -2.29. The minimum atomic E-state index is -3.97. The molecule has 29 heavy (non-hydrogen) atoms. The number of benzene rings is 2. The second-order valence-electron chi connectivity index (χ2n) is 7.09. The molecule has 0 heterocycles. The van der Waals surface area contributed by atoms with Crippen molar-refractivity contribution in [1.82, 2.24) is 5.32 Å². The zero-order chi connectivity index (χ0) is 21.8. The van der Waals surface area contributed by atoms with E-state index in [4.69, 9.17) is 0 Å². The summed E-state index contributed by atoms with van der Waals surface area (Å²) in [6.07, 6.45) is 0. The molecule has 0 radical (unpaired) electrons. The number of nitro benzene ring substituents is 1. The van der Waals surface area contributed by atoms with E-state index < -0.39 is 14.9 Å². The van der Waals surface area contributed by atoms with Gasteiger partial charge in [0.2, 0.25) is 0 Å². The van der Waals surface area contributed by atoms with E-state index in [0.29, 0.717) is 17.8 Å². The van der Waals surface area contributed by atoms with E-state index in [2.05, 4.69) is 10.0 Å². The third kappa shape index (κ3) is 5.67. The summed E-state index contributed by atoms with van der Waals surface area (Å²) >= 11 is 0. The highest BCUT2D eigenvalue weighted by Gasteiger charge is 2.19. The maximum absolute atomic E-state index is 12.6. The number of nitro groups is 1. The molecule has 156 valence electrons. The Morgan fingerprint density at radius 3 is 2.28 bits per heavy atom. The number of hydrogen-bond acceptors (Lipinski definition) is 6. The van der Waals surface area contributed by atoms with E-state index in [1.54, 1.807) is 31.1 Å². The van der Waals surface area contributed by atoms with Crippen LogP contribution in [0.3, 0.4) is 0 Å². The predicted molar refractivity (Wildman–Crippen MR) is 112 cm³/mol. The second-order valence-corrected chi connectivity index (χ2v) is 8.77. The van der Waals surface area contributed by atoms with Gasteiger partial charge >= 0.3 is 0 Å². The lowest BCUT2D eigenvalue weighted by Gasteiger charge is -2.19. The van der Waals surface area contributed by atoms with Crippen molar-refractivity contribution in [2.75, 3.05) is 30.3 Å². The van der Waals surface area contributed by atoms with Gasteiger partial charge in [-0.2, -0.15) is 0 Å². The van der Waals surface area contributed by atoms with Crippen LogP contribution in [0.2, 0.25) is 0 Å². The Labute approximate surface area is 169 Å². The summed E-state index contributed by atoms with van der Waals surface area (Å²) < 4.78 is 27.6. The summed E-state index contributed by atoms with van der Waals surface area (Å²) in [5, 5.41) is 13.6. The molecule has 0 spiro atoms. The molecule has 10 heteroatoms. The molecule has 9 nitrogen and oxygen atoms in total. The zero-order valence-corrected chi connectivity index (χ0v) is 17.5. The highest BCUT2D eigenvalue weighted by atomic mass is 32.2. The molecule has 2 aromatic carbocycles. The summed E-state index contributed by atoms with van der Waals surface area (Å²) in [4.78, 5) is 24.4. The summed E-state index contributed by atoms with van der Waals surface area (Å²) in [5.41, 5.74) is 0.983. The van der Waals surface area contributed by atoms with Crippen LogP contribution in [0.25, 0.3) is 0 Å². The monoisotopic (exact) mass is 420 g/mol. The third-order valence-electron chi connectivity index (χ3n) is 4.00. The van der Waals surface area contributed by atoms with Gasteiger partial charge in [-0.15, -0.1) is 0 Å². The maximum atomic E-state index is 12.6. The van der Waals surface area contributed by atoms with Crippen molar-refractivity contribution in [1.29, 1.82) is 0 Å². The molecule has 0 atom stereocenters. The number of carbonyl (C=O) groups is 1. The Morgan fingerprint density at radius 2 is 1.76 bits per heavy atom. The van der Waals surface area contributed by atoms with Crippen LogP contribution in [0.5, 0.6) is 0 Å². The molecule has 0 aromatic heterocycles. The van der Waals surface area contributed by atoms with Crippen LogP contribution in [0.1, 0.15) is 24.2 Å². The maximum Gasteiger partial charge on any atom is 0.269 e. The fourth-order valence-corrected chi connectivity index (χ4v) is 3.57. The minimum absolute atomic E-state index is 0.120. The molecule has 2 rings (SSSR count). The normalized spacial score (nSPS) is 11.2. The van der Waals surface area contributed by atoms with Gasteiger partial charge < -0.3 is 10.2 Å². The van der Waals surface area contributed by atoms with Crippen LogP contribution in [0.4, 0.5) is 17.1 Å². The Hall–Kier alpha value is -3.14. The van der Waals surface area contributed by atoms with Gasteiger partial charge in [-0.1, -0.05) is 13.8 Å². The van der Waals surface area contributed by atoms with Crippen LogP contribution in [0, 0.1) is 16.0 Å². The van der Waals surface area contributed by atoms with Crippen molar-refractivity contribution in [3.8, 4) is 0 Å². The number of non-ortho nitro benzene ring substituents is 1. The van der Waals surface area contributed by atoms with Crippen LogP contribution < -0.4 is 14.9 Å². The molecule has 0 aliphatic rings. The summed E-state index contributed by atoms with van der Waals surface area (Å²) in [5.74, 6) is -0.0376. The molecule has 0 aliphatic heterocycles. The van der Waals surface area contributed by atoms with Gasteiger partial charge in [-0.25, -0.2) is 8.42 Å².